The van der Waals surface area contributed by atoms with E-state index in [9.17, 15) is 13.2 Å². The molecule has 106 valence electrons. The first-order chi connectivity index (χ1) is 8.84. The highest BCUT2D eigenvalue weighted by molar-refractivity contribution is 5.39. The van der Waals surface area contributed by atoms with Crippen LogP contribution in [0.25, 0.3) is 0 Å². The molecular weight excluding hydrogens is 255 g/mol. The molecule has 0 heterocycles. The number of nitrogens with two attached hydrogens (primary N) is 1. The summed E-state index contributed by atoms with van der Waals surface area (Å²) in [5.74, 6) is -0.144. The molecule has 1 aromatic rings. The minimum Gasteiger partial charge on any atom is -0.493 e. The summed E-state index contributed by atoms with van der Waals surface area (Å²) in [5.41, 5.74) is 6.03. The highest BCUT2D eigenvalue weighted by Crippen LogP contribution is 2.37. The van der Waals surface area contributed by atoms with Crippen LogP contribution in [0.15, 0.2) is 30.4 Å². The van der Waals surface area contributed by atoms with E-state index in [4.69, 9.17) is 10.5 Å². The van der Waals surface area contributed by atoms with Crippen molar-refractivity contribution in [2.75, 3.05) is 13.2 Å². The molecule has 19 heavy (non-hydrogen) atoms. The van der Waals surface area contributed by atoms with Crippen molar-refractivity contribution in [1.29, 1.82) is 0 Å². The third-order valence-corrected chi connectivity index (χ3v) is 2.57. The van der Waals surface area contributed by atoms with Crippen LogP contribution >= 0.6 is 0 Å². The second kappa shape index (κ2) is 6.61. The Kier molecular flexibility index (Phi) is 5.42. The summed E-state index contributed by atoms with van der Waals surface area (Å²) in [6.07, 6.45) is -3.49. The van der Waals surface area contributed by atoms with Crippen molar-refractivity contribution in [2.24, 2.45) is 5.73 Å². The smallest absolute Gasteiger partial charge is 0.419 e. The van der Waals surface area contributed by atoms with E-state index in [1.165, 1.54) is 6.07 Å². The van der Waals surface area contributed by atoms with E-state index < -0.39 is 11.7 Å². The lowest BCUT2D eigenvalue weighted by molar-refractivity contribution is -0.139. The molecule has 0 radical (unpaired) electrons. The van der Waals surface area contributed by atoms with Gasteiger partial charge in [0.05, 0.1) is 12.2 Å². The SMILES string of the molecule is C=C(C)CCOc1ccc(CCN)cc1C(F)(F)F. The predicted molar refractivity (Wildman–Crippen MR) is 69.1 cm³/mol. The summed E-state index contributed by atoms with van der Waals surface area (Å²) in [6.45, 7) is 5.99. The number of rotatable bonds is 6. The van der Waals surface area contributed by atoms with Gasteiger partial charge in [-0.2, -0.15) is 13.2 Å². The summed E-state index contributed by atoms with van der Waals surface area (Å²) in [5, 5.41) is 0. The fraction of sp³-hybridized carbons (Fsp3) is 0.429. The van der Waals surface area contributed by atoms with Crippen molar-refractivity contribution in [3.05, 3.63) is 41.5 Å². The van der Waals surface area contributed by atoms with Crippen LogP contribution in [-0.4, -0.2) is 13.2 Å². The molecule has 5 heteroatoms. The molecule has 2 N–H and O–H groups in total. The van der Waals surface area contributed by atoms with E-state index >= 15 is 0 Å². The minimum absolute atomic E-state index is 0.144. The van der Waals surface area contributed by atoms with Crippen molar-refractivity contribution in [3.8, 4) is 5.75 Å². The lowest BCUT2D eigenvalue weighted by Crippen LogP contribution is -2.11. The molecule has 1 aromatic carbocycles. The first kappa shape index (κ1) is 15.6. The van der Waals surface area contributed by atoms with Gasteiger partial charge >= 0.3 is 6.18 Å². The summed E-state index contributed by atoms with van der Waals surface area (Å²) < 4.78 is 44.0. The molecule has 0 fully saturated rings. The lowest BCUT2D eigenvalue weighted by atomic mass is 10.1. The van der Waals surface area contributed by atoms with E-state index in [-0.39, 0.29) is 12.4 Å². The molecule has 0 bridgehead atoms. The van der Waals surface area contributed by atoms with E-state index in [0.29, 0.717) is 24.9 Å². The zero-order valence-corrected chi connectivity index (χ0v) is 10.9. The number of halogens is 3. The Morgan fingerprint density at radius 3 is 2.58 bits per heavy atom. The van der Waals surface area contributed by atoms with Gasteiger partial charge in [0, 0.05) is 6.42 Å². The van der Waals surface area contributed by atoms with Gasteiger partial charge in [-0.15, -0.1) is 6.58 Å². The molecular formula is C14H18F3NO. The van der Waals surface area contributed by atoms with Crippen molar-refractivity contribution < 1.29 is 17.9 Å². The maximum absolute atomic E-state index is 12.9. The Bertz CT molecular complexity index is 441. The van der Waals surface area contributed by atoms with Gasteiger partial charge in [-0.1, -0.05) is 11.6 Å². The highest BCUT2D eigenvalue weighted by atomic mass is 19.4. The summed E-state index contributed by atoms with van der Waals surface area (Å²) >= 11 is 0. The zero-order valence-electron chi connectivity index (χ0n) is 10.9. The molecule has 0 amide bonds. The average molecular weight is 273 g/mol. The molecule has 1 rings (SSSR count). The van der Waals surface area contributed by atoms with Gasteiger partial charge in [-0.25, -0.2) is 0 Å². The van der Waals surface area contributed by atoms with Gasteiger partial charge in [-0.05, 0) is 37.6 Å². The maximum atomic E-state index is 12.9. The third-order valence-electron chi connectivity index (χ3n) is 2.57. The number of ether oxygens (including phenoxy) is 1. The number of hydrogen-bond acceptors (Lipinski definition) is 2. The van der Waals surface area contributed by atoms with Gasteiger partial charge in [0.1, 0.15) is 5.75 Å². The molecule has 0 saturated heterocycles. The number of hydrogen-bond donors (Lipinski definition) is 1. The van der Waals surface area contributed by atoms with Crippen molar-refractivity contribution >= 4 is 0 Å². The fourth-order valence-electron chi connectivity index (χ4n) is 1.58. The summed E-state index contributed by atoms with van der Waals surface area (Å²) in [6, 6.07) is 4.06. The molecule has 0 unspecified atom stereocenters. The van der Waals surface area contributed by atoms with Gasteiger partial charge in [0.2, 0.25) is 0 Å². The first-order valence-electron chi connectivity index (χ1n) is 6.02. The second-order valence-corrected chi connectivity index (χ2v) is 4.42. The molecule has 2 nitrogen and oxygen atoms in total. The quantitative estimate of drug-likeness (QED) is 0.804. The number of alkyl halides is 3. The largest absolute Gasteiger partial charge is 0.493 e. The van der Waals surface area contributed by atoms with E-state index in [1.54, 1.807) is 13.0 Å². The Labute approximate surface area is 111 Å². The van der Waals surface area contributed by atoms with Crippen LogP contribution in [-0.2, 0) is 12.6 Å². The van der Waals surface area contributed by atoms with Crippen molar-refractivity contribution in [3.63, 3.8) is 0 Å². The molecule has 0 aliphatic rings. The van der Waals surface area contributed by atoms with Crippen molar-refractivity contribution in [2.45, 2.75) is 25.9 Å². The maximum Gasteiger partial charge on any atom is 0.419 e. The molecule has 0 aromatic heterocycles. The van der Waals surface area contributed by atoms with Crippen LogP contribution in [0.4, 0.5) is 13.2 Å². The second-order valence-electron chi connectivity index (χ2n) is 4.42. The molecule has 0 spiro atoms. The third kappa shape index (κ3) is 4.95. The van der Waals surface area contributed by atoms with Crippen LogP contribution in [0.2, 0.25) is 0 Å². The Hall–Kier alpha value is -1.49. The standard InChI is InChI=1S/C14H18F3NO/c1-10(2)6-8-19-13-4-3-11(5-7-18)9-12(13)14(15,16)17/h3-4,9H,1,5-8,18H2,2H3. The van der Waals surface area contributed by atoms with Crippen LogP contribution in [0.3, 0.4) is 0 Å². The van der Waals surface area contributed by atoms with Crippen molar-refractivity contribution in [1.82, 2.24) is 0 Å². The average Bonchev–Trinajstić information content (AvgIpc) is 2.29. The van der Waals surface area contributed by atoms with Gasteiger partial charge in [-0.3, -0.25) is 0 Å². The van der Waals surface area contributed by atoms with Gasteiger partial charge in [0.15, 0.2) is 0 Å². The molecule has 0 aliphatic heterocycles. The van der Waals surface area contributed by atoms with E-state index in [0.717, 1.165) is 11.6 Å². The molecule has 0 atom stereocenters. The van der Waals surface area contributed by atoms with Gasteiger partial charge in [0.25, 0.3) is 0 Å². The Morgan fingerprint density at radius 2 is 2.05 bits per heavy atom. The topological polar surface area (TPSA) is 35.2 Å². The Balaban J connectivity index is 2.92. The zero-order chi connectivity index (χ0) is 14.5. The van der Waals surface area contributed by atoms with Crippen LogP contribution in [0.1, 0.15) is 24.5 Å². The lowest BCUT2D eigenvalue weighted by Gasteiger charge is -2.15. The van der Waals surface area contributed by atoms with Crippen LogP contribution in [0.5, 0.6) is 5.75 Å². The highest BCUT2D eigenvalue weighted by Gasteiger charge is 2.34. The summed E-state index contributed by atoms with van der Waals surface area (Å²) in [7, 11) is 0. The van der Waals surface area contributed by atoms with E-state index in [2.05, 4.69) is 6.58 Å². The van der Waals surface area contributed by atoms with E-state index in [1.807, 2.05) is 0 Å². The van der Waals surface area contributed by atoms with Gasteiger partial charge < -0.3 is 10.5 Å². The Morgan fingerprint density at radius 1 is 1.37 bits per heavy atom. The minimum atomic E-state index is -4.43. The first-order valence-corrected chi connectivity index (χ1v) is 6.02. The van der Waals surface area contributed by atoms with Crippen LogP contribution in [0, 0.1) is 0 Å². The molecule has 0 saturated carbocycles. The normalized spacial score (nSPS) is 11.4. The van der Waals surface area contributed by atoms with Crippen LogP contribution < -0.4 is 10.5 Å². The predicted octanol–water partition coefficient (Wildman–Crippen LogP) is 3.55. The monoisotopic (exact) mass is 273 g/mol. The number of benzene rings is 1. The fourth-order valence-corrected chi connectivity index (χ4v) is 1.58. The summed E-state index contributed by atoms with van der Waals surface area (Å²) in [4.78, 5) is 0. The molecule has 0 aliphatic carbocycles.